The molecule has 68 heavy (non-hydrogen) atoms. The predicted octanol–water partition coefficient (Wildman–Crippen LogP) is -2.70. The maximum absolute atomic E-state index is 12.3. The number of nitrogens with one attached hydrogen (secondary N) is 8. The van der Waals surface area contributed by atoms with E-state index in [2.05, 4.69) is 76.0 Å². The Labute approximate surface area is 402 Å². The van der Waals surface area contributed by atoms with E-state index in [0.717, 1.165) is 52.1 Å². The highest BCUT2D eigenvalue weighted by Crippen LogP contribution is 1.99. The molecule has 0 aromatic heterocycles. The number of nitrogens with zero attached hydrogens (tertiary/aromatic N) is 4. The highest BCUT2D eigenvalue weighted by Gasteiger charge is 2.16. The molecule has 4 amide bonds. The Bertz CT molecular complexity index is 1310. The van der Waals surface area contributed by atoms with E-state index in [1.165, 1.54) is 0 Å². The van der Waals surface area contributed by atoms with Gasteiger partial charge in [-0.25, -0.2) is 0 Å². The summed E-state index contributed by atoms with van der Waals surface area (Å²) in [4.78, 5) is 101. The molecular weight excluding hydrogens is 889 g/mol. The van der Waals surface area contributed by atoms with E-state index >= 15 is 0 Å². The number of rotatable bonds is 49. The van der Waals surface area contributed by atoms with Gasteiger partial charge >= 0.3 is 23.9 Å². The highest BCUT2D eigenvalue weighted by atomic mass is 16.4. The Morgan fingerprint density at radius 3 is 0.750 bits per heavy atom. The molecule has 0 aliphatic rings. The van der Waals surface area contributed by atoms with Gasteiger partial charge in [-0.05, 0) is 25.9 Å². The van der Waals surface area contributed by atoms with E-state index in [9.17, 15) is 38.4 Å². The number of carbonyl (C=O) groups excluding carboxylic acids is 4. The molecule has 0 heterocycles. The molecule has 0 saturated heterocycles. The molecule has 0 radical (unpaired) electrons. The molecule has 394 valence electrons. The van der Waals surface area contributed by atoms with Crippen molar-refractivity contribution in [2.45, 2.75) is 78.1 Å². The number of carbonyl (C=O) groups is 8. The first kappa shape index (κ1) is 63.4. The summed E-state index contributed by atoms with van der Waals surface area (Å²) in [6, 6.07) is 0. The lowest BCUT2D eigenvalue weighted by Gasteiger charge is -2.32. The van der Waals surface area contributed by atoms with Gasteiger partial charge in [0.2, 0.25) is 23.6 Å². The van der Waals surface area contributed by atoms with E-state index in [0.29, 0.717) is 118 Å². The van der Waals surface area contributed by atoms with Gasteiger partial charge in [0, 0.05) is 170 Å². The van der Waals surface area contributed by atoms with E-state index in [4.69, 9.17) is 20.4 Å². The highest BCUT2D eigenvalue weighted by molar-refractivity contribution is 5.82. The quantitative estimate of drug-likeness (QED) is 0.0276. The van der Waals surface area contributed by atoms with Crippen LogP contribution in [0.1, 0.15) is 78.1 Å². The summed E-state index contributed by atoms with van der Waals surface area (Å²) in [6.45, 7) is 19.2. The Morgan fingerprint density at radius 1 is 0.279 bits per heavy atom. The largest absolute Gasteiger partial charge is 0.481 e. The molecule has 0 aliphatic carbocycles. The van der Waals surface area contributed by atoms with Crippen LogP contribution in [0.5, 0.6) is 0 Å². The molecule has 0 unspecified atom stereocenters. The standard InChI is InChI=1S/C44H86N12O12/c1-3-13-45-19-25-53(29-23-51-39(59)7-11-43(65)66)31-33-55(27-21-47-15-17-49-37(57)5-9-41(61)62)35-36-56(28-22-48-16-18-50-38(58)6-10-42(63)64)34-32-54(26-20-46-14-4-2)30-24-52-40(60)8-12-44(67)68/h45-48H,3-36H2,1-2H3,(H,49,57)(H,50,58)(H,51,59)(H,52,60)(H,61,62)(H,63,64)(H,65,66)(H,67,68). The fourth-order valence-electron chi connectivity index (χ4n) is 6.52. The van der Waals surface area contributed by atoms with E-state index in [-0.39, 0.29) is 75.0 Å². The van der Waals surface area contributed by atoms with Crippen molar-refractivity contribution in [1.29, 1.82) is 0 Å². The van der Waals surface area contributed by atoms with E-state index < -0.39 is 23.9 Å². The summed E-state index contributed by atoms with van der Waals surface area (Å²) in [5.74, 6) is -5.40. The summed E-state index contributed by atoms with van der Waals surface area (Å²) in [6.07, 6.45) is 0.685. The van der Waals surface area contributed by atoms with Crippen molar-refractivity contribution < 1.29 is 58.8 Å². The zero-order valence-corrected chi connectivity index (χ0v) is 40.9. The van der Waals surface area contributed by atoms with Gasteiger partial charge in [0.15, 0.2) is 0 Å². The minimum atomic E-state index is -1.03. The Kier molecular flexibility index (Phi) is 40.8. The first-order valence-corrected chi connectivity index (χ1v) is 24.3. The van der Waals surface area contributed by atoms with Crippen molar-refractivity contribution in [1.82, 2.24) is 62.1 Å². The second kappa shape index (κ2) is 43.7. The molecule has 0 saturated carbocycles. The smallest absolute Gasteiger partial charge is 0.303 e. The lowest BCUT2D eigenvalue weighted by molar-refractivity contribution is -0.139. The minimum absolute atomic E-state index is 0.0873. The van der Waals surface area contributed by atoms with Crippen LogP contribution in [0.2, 0.25) is 0 Å². The molecule has 12 N–H and O–H groups in total. The number of hydrogen-bond acceptors (Lipinski definition) is 16. The average Bonchev–Trinajstić information content (AvgIpc) is 3.29. The maximum atomic E-state index is 12.3. The SMILES string of the molecule is CCCNCCN(CCNC(=O)CCC(=O)O)CCN(CCNCCNC(=O)CCC(=O)O)CCN(CCNCCNC(=O)CCC(=O)O)CCN(CCNCCC)CCNC(=O)CCC(=O)O. The molecular formula is C44H86N12O12. The minimum Gasteiger partial charge on any atom is -0.481 e. The van der Waals surface area contributed by atoms with E-state index in [1.807, 2.05) is 0 Å². The molecule has 24 nitrogen and oxygen atoms in total. The first-order valence-electron chi connectivity index (χ1n) is 24.3. The molecule has 0 atom stereocenters. The number of carboxylic acid groups (broad SMARTS) is 4. The zero-order valence-electron chi connectivity index (χ0n) is 40.9. The summed E-state index contributed by atoms with van der Waals surface area (Å²) < 4.78 is 0. The van der Waals surface area contributed by atoms with Crippen molar-refractivity contribution in [3.8, 4) is 0 Å². The Morgan fingerprint density at radius 2 is 0.500 bits per heavy atom. The van der Waals surface area contributed by atoms with Crippen LogP contribution in [0.25, 0.3) is 0 Å². The summed E-state index contributed by atoms with van der Waals surface area (Å²) in [5.41, 5.74) is 0. The van der Waals surface area contributed by atoms with Crippen molar-refractivity contribution in [2.75, 3.05) is 157 Å². The second-order valence-electron chi connectivity index (χ2n) is 16.3. The van der Waals surface area contributed by atoms with Crippen LogP contribution in [0, 0.1) is 0 Å². The topological polar surface area (TPSA) is 327 Å². The van der Waals surface area contributed by atoms with Crippen LogP contribution in [0.4, 0.5) is 0 Å². The van der Waals surface area contributed by atoms with Gasteiger partial charge in [-0.3, -0.25) is 58.0 Å². The van der Waals surface area contributed by atoms with Gasteiger partial charge in [-0.15, -0.1) is 0 Å². The molecule has 24 heteroatoms. The lowest BCUT2D eigenvalue weighted by Crippen LogP contribution is -2.47. The van der Waals surface area contributed by atoms with Gasteiger partial charge in [-0.2, -0.15) is 0 Å². The molecule has 0 fully saturated rings. The monoisotopic (exact) mass is 975 g/mol. The van der Waals surface area contributed by atoms with Crippen LogP contribution in [0.3, 0.4) is 0 Å². The van der Waals surface area contributed by atoms with Crippen LogP contribution in [-0.2, 0) is 38.4 Å². The Hall–Kier alpha value is -4.56. The molecule has 0 rings (SSSR count). The maximum Gasteiger partial charge on any atom is 0.303 e. The first-order chi connectivity index (χ1) is 32.6. The fraction of sp³-hybridized carbons (Fsp3) is 0.818. The van der Waals surface area contributed by atoms with Gasteiger partial charge in [-0.1, -0.05) is 13.8 Å². The van der Waals surface area contributed by atoms with Crippen LogP contribution < -0.4 is 42.5 Å². The average molecular weight is 975 g/mol. The zero-order chi connectivity index (χ0) is 50.6. The lowest BCUT2D eigenvalue weighted by atomic mass is 10.3. The van der Waals surface area contributed by atoms with Gasteiger partial charge in [0.1, 0.15) is 0 Å². The fourth-order valence-corrected chi connectivity index (χ4v) is 6.52. The van der Waals surface area contributed by atoms with Crippen molar-refractivity contribution in [3.05, 3.63) is 0 Å². The summed E-state index contributed by atoms with van der Waals surface area (Å²) in [7, 11) is 0. The summed E-state index contributed by atoms with van der Waals surface area (Å²) >= 11 is 0. The number of carboxylic acids is 4. The van der Waals surface area contributed by atoms with Crippen LogP contribution >= 0.6 is 0 Å². The normalized spacial score (nSPS) is 11.3. The molecule has 0 aromatic carbocycles. The molecule has 0 bridgehead atoms. The van der Waals surface area contributed by atoms with E-state index in [1.54, 1.807) is 0 Å². The van der Waals surface area contributed by atoms with Crippen LogP contribution in [-0.4, -0.2) is 245 Å². The predicted molar refractivity (Wildman–Crippen MR) is 257 cm³/mol. The second-order valence-corrected chi connectivity index (χ2v) is 16.3. The van der Waals surface area contributed by atoms with Crippen molar-refractivity contribution in [2.24, 2.45) is 0 Å². The van der Waals surface area contributed by atoms with Gasteiger partial charge in [0.05, 0.1) is 25.7 Å². The third kappa shape index (κ3) is 42.8. The number of amides is 4. The van der Waals surface area contributed by atoms with Crippen molar-refractivity contribution in [3.63, 3.8) is 0 Å². The molecule has 0 aliphatic heterocycles. The number of aliphatic carboxylic acids is 4. The molecule has 0 aromatic rings. The molecule has 0 spiro atoms. The number of hydrogen-bond donors (Lipinski definition) is 12. The van der Waals surface area contributed by atoms with Crippen molar-refractivity contribution >= 4 is 47.5 Å². The van der Waals surface area contributed by atoms with Crippen LogP contribution in [0.15, 0.2) is 0 Å². The van der Waals surface area contributed by atoms with Gasteiger partial charge < -0.3 is 63.0 Å². The summed E-state index contributed by atoms with van der Waals surface area (Å²) in [5, 5.41) is 60.5. The third-order valence-electron chi connectivity index (χ3n) is 10.5. The third-order valence-corrected chi connectivity index (χ3v) is 10.5. The Balaban J connectivity index is 6.03. The van der Waals surface area contributed by atoms with Gasteiger partial charge in [0.25, 0.3) is 0 Å².